The van der Waals surface area contributed by atoms with Crippen molar-refractivity contribution in [2.24, 2.45) is 28.2 Å². The minimum absolute atomic E-state index is 0. The van der Waals surface area contributed by atoms with Crippen molar-refractivity contribution in [3.05, 3.63) is 188 Å². The van der Waals surface area contributed by atoms with Gasteiger partial charge in [-0.25, -0.2) is 0 Å². The van der Waals surface area contributed by atoms with Crippen molar-refractivity contribution >= 4 is 86.9 Å². The Morgan fingerprint density at radius 2 is 0.808 bits per heavy atom. The number of aryl methyl sites for hydroxylation is 4. The maximum Gasteiger partial charge on any atom is 0.491 e. The fraction of sp³-hybridized carbons (Fsp3) is 0.116. The zero-order valence-corrected chi connectivity index (χ0v) is 41.6. The molecule has 0 aliphatic heterocycles. The van der Waals surface area contributed by atoms with E-state index in [0.29, 0.717) is 50.0 Å². The van der Waals surface area contributed by atoms with Crippen LogP contribution >= 0.6 is 15.9 Å². The van der Waals surface area contributed by atoms with Gasteiger partial charge in [-0.15, -0.1) is 0 Å². The number of hydrogen-bond acceptors (Lipinski definition) is 21. The quantitative estimate of drug-likeness (QED) is 0.0320. The molecule has 4 aromatic heterocycles. The second-order valence-corrected chi connectivity index (χ2v) is 15.8. The van der Waals surface area contributed by atoms with E-state index >= 15 is 0 Å². The van der Waals surface area contributed by atoms with Gasteiger partial charge in [-0.3, -0.25) is 89.0 Å². The summed E-state index contributed by atoms with van der Waals surface area (Å²) < 4.78 is 6.56. The minimum Gasteiger partial charge on any atom is -0.483 e. The van der Waals surface area contributed by atoms with E-state index in [2.05, 4.69) is 41.6 Å². The Morgan fingerprint density at radius 1 is 0.500 bits per heavy atom. The number of amides is 1. The number of nitrogens with two attached hydrogens (primary N) is 1. The Kier molecular flexibility index (Phi) is 24.3. The van der Waals surface area contributed by atoms with Crippen molar-refractivity contribution in [1.82, 2.24) is 39.1 Å². The van der Waals surface area contributed by atoms with Crippen molar-refractivity contribution in [1.29, 1.82) is 0 Å². The zero-order chi connectivity index (χ0) is 57.7. The first-order valence-corrected chi connectivity index (χ1v) is 21.5. The van der Waals surface area contributed by atoms with E-state index in [1.54, 1.807) is 86.9 Å². The molecule has 0 spiro atoms. The van der Waals surface area contributed by atoms with Gasteiger partial charge in [0.25, 0.3) is 40.6 Å². The predicted octanol–water partition coefficient (Wildman–Crippen LogP) is 5.75. The SMILES string of the molecule is C.Cn1cc(-c2cc(N)cc([N+](=O)[O-])c2)cn1.Cn1cc(-c2cc(NC=O)cc([N+](=O)[O-])c2)cn1.Cn1cc(-c2cc([N+](=O)[O-])cc([N+](=O)[O-])c2)cn1.Cn1cc(B(O)O)cn1.O=CO.O=[N+]([O-])c1cc(Br)cc([N+](=O)[O-])c1. The fourth-order valence-corrected chi connectivity index (χ4v) is 6.44. The van der Waals surface area contributed by atoms with E-state index in [1.807, 2.05) is 0 Å². The topological polar surface area (TPSA) is 463 Å². The number of benzene rings is 4. The lowest BCUT2D eigenvalue weighted by Crippen LogP contribution is -2.28. The van der Waals surface area contributed by atoms with Gasteiger partial charge < -0.3 is 26.2 Å². The Balaban J connectivity index is 0.000000333. The van der Waals surface area contributed by atoms with E-state index in [-0.39, 0.29) is 48.0 Å². The molecule has 78 heavy (non-hydrogen) atoms. The monoisotopic (exact) mass is 1150 g/mol. The number of nitrogens with one attached hydrogen (secondary N) is 1. The molecule has 0 unspecified atom stereocenters. The molecule has 35 heteroatoms. The van der Waals surface area contributed by atoms with Gasteiger partial charge in [0, 0.05) is 146 Å². The third-order valence-electron chi connectivity index (χ3n) is 9.26. The van der Waals surface area contributed by atoms with Crippen LogP contribution in [0.15, 0.2) is 127 Å². The summed E-state index contributed by atoms with van der Waals surface area (Å²) in [4.78, 5) is 78.6. The van der Waals surface area contributed by atoms with Gasteiger partial charge in [0.2, 0.25) is 6.41 Å². The van der Waals surface area contributed by atoms with E-state index in [1.165, 1.54) is 70.3 Å². The number of carbonyl (C=O) groups is 2. The summed E-state index contributed by atoms with van der Waals surface area (Å²) in [6, 6.07) is 15.7. The summed E-state index contributed by atoms with van der Waals surface area (Å²) in [6.45, 7) is -0.250. The first-order valence-electron chi connectivity index (χ1n) is 20.7. The standard InChI is InChI=1S/C11H10N4O3.C10H8N4O4.C10H10N4O2.C6H3BrN2O4.C4H7BN2O2.CH2O2.CH4/c1-14-6-9(5-13-14)8-2-10(12-7-16)4-11(3-8)15(17)18;1-12-6-8(5-11-12)7-2-9(13(15)16)4-10(3-7)14(17)18;1-13-6-8(5-12-13)7-2-9(11)4-10(3-7)14(15)16;7-4-1-5(8(10)11)3-6(2-4)9(12)13;1-7-3-4(2-6-7)5(8)9;2-1-3;/h2-7H,1H3,(H,12,16);2-6H,1H3;2-6H,11H2,1H3;1-3H;2-3,8-9H,1H3;1H,(H,2,3);1H4. The number of nitrogen functional groups attached to an aromatic ring is 1. The van der Waals surface area contributed by atoms with Crippen LogP contribution in [0.5, 0.6) is 0 Å². The van der Waals surface area contributed by atoms with Gasteiger partial charge in [0.05, 0.1) is 60.3 Å². The van der Waals surface area contributed by atoms with Gasteiger partial charge in [-0.05, 0) is 28.8 Å². The third kappa shape index (κ3) is 20.0. The number of anilines is 2. The second kappa shape index (κ2) is 29.9. The number of nitro groups is 6. The number of non-ortho nitro benzene ring substituents is 6. The largest absolute Gasteiger partial charge is 0.491 e. The molecule has 0 aliphatic rings. The molecule has 408 valence electrons. The molecule has 4 heterocycles. The number of halogens is 1. The maximum absolute atomic E-state index is 10.8. The van der Waals surface area contributed by atoms with Crippen molar-refractivity contribution in [3.8, 4) is 33.4 Å². The normalized spacial score (nSPS) is 9.68. The molecule has 33 nitrogen and oxygen atoms in total. The lowest BCUT2D eigenvalue weighted by atomic mass is 9.83. The molecular formula is C43H44BBrN16O17. The molecule has 0 saturated heterocycles. The molecule has 0 aliphatic carbocycles. The van der Waals surface area contributed by atoms with Crippen LogP contribution in [0.3, 0.4) is 0 Å². The maximum atomic E-state index is 10.8. The number of hydrogen-bond donors (Lipinski definition) is 5. The summed E-state index contributed by atoms with van der Waals surface area (Å²) >= 11 is 2.94. The zero-order valence-electron chi connectivity index (χ0n) is 40.1. The van der Waals surface area contributed by atoms with Gasteiger partial charge in [0.15, 0.2) is 0 Å². The van der Waals surface area contributed by atoms with Gasteiger partial charge in [0.1, 0.15) is 0 Å². The molecule has 0 bridgehead atoms. The molecule has 1 amide bonds. The van der Waals surface area contributed by atoms with Crippen LogP contribution < -0.4 is 16.5 Å². The molecule has 0 fully saturated rings. The van der Waals surface area contributed by atoms with Crippen LogP contribution in [-0.2, 0) is 37.8 Å². The number of nitro benzene ring substituents is 6. The Hall–Kier alpha value is -10.7. The molecule has 6 N–H and O–H groups in total. The second-order valence-electron chi connectivity index (χ2n) is 14.9. The summed E-state index contributed by atoms with van der Waals surface area (Å²) in [5.41, 5.74) is 9.28. The molecule has 8 rings (SSSR count). The number of nitrogens with zero attached hydrogens (tertiary/aromatic N) is 14. The molecule has 4 aromatic carbocycles. The van der Waals surface area contributed by atoms with E-state index in [9.17, 15) is 65.5 Å². The highest BCUT2D eigenvalue weighted by Gasteiger charge is 2.19. The number of rotatable bonds is 12. The Labute approximate surface area is 446 Å². The summed E-state index contributed by atoms with van der Waals surface area (Å²) in [5.74, 6) is 0. The highest BCUT2D eigenvalue weighted by atomic mass is 79.9. The van der Waals surface area contributed by atoms with Crippen molar-refractivity contribution in [2.45, 2.75) is 7.43 Å². The van der Waals surface area contributed by atoms with Gasteiger partial charge in [-0.2, -0.15) is 20.4 Å². The number of carboxylic acid groups (broad SMARTS) is 1. The van der Waals surface area contributed by atoms with Crippen LogP contribution in [0.2, 0.25) is 0 Å². The van der Waals surface area contributed by atoms with Crippen molar-refractivity contribution in [3.63, 3.8) is 0 Å². The van der Waals surface area contributed by atoms with Gasteiger partial charge >= 0.3 is 7.12 Å². The van der Waals surface area contributed by atoms with Crippen LogP contribution in [-0.4, -0.2) is 104 Å². The lowest BCUT2D eigenvalue weighted by Gasteiger charge is -2.03. The van der Waals surface area contributed by atoms with Crippen LogP contribution in [0.4, 0.5) is 45.5 Å². The highest BCUT2D eigenvalue weighted by Crippen LogP contribution is 2.31. The van der Waals surface area contributed by atoms with Crippen LogP contribution in [0.25, 0.3) is 33.4 Å². The van der Waals surface area contributed by atoms with E-state index in [0.717, 1.165) is 23.3 Å². The summed E-state index contributed by atoms with van der Waals surface area (Å²) in [5, 5.41) is 106. The molecular weight excluding hydrogens is 1100 g/mol. The molecule has 0 saturated carbocycles. The first kappa shape index (κ1) is 63.4. The highest BCUT2D eigenvalue weighted by molar-refractivity contribution is 9.10. The number of aromatic nitrogens is 8. The molecule has 0 radical (unpaired) electrons. The third-order valence-corrected chi connectivity index (χ3v) is 9.71. The average molecular weight is 1150 g/mol. The molecule has 8 aromatic rings. The fourth-order valence-electron chi connectivity index (χ4n) is 5.97. The van der Waals surface area contributed by atoms with Crippen LogP contribution in [0, 0.1) is 60.7 Å². The lowest BCUT2D eigenvalue weighted by molar-refractivity contribution is -0.394. The summed E-state index contributed by atoms with van der Waals surface area (Å²) in [6.07, 6.45) is 13.3. The minimum atomic E-state index is -1.40. The van der Waals surface area contributed by atoms with Crippen molar-refractivity contribution < 1.29 is 54.3 Å². The van der Waals surface area contributed by atoms with Gasteiger partial charge in [-0.1, -0.05) is 23.4 Å². The average Bonchev–Trinajstić information content (AvgIpc) is 4.21. The van der Waals surface area contributed by atoms with E-state index in [4.69, 9.17) is 25.7 Å². The Morgan fingerprint density at radius 3 is 1.10 bits per heavy atom. The van der Waals surface area contributed by atoms with Crippen LogP contribution in [0.1, 0.15) is 7.43 Å². The summed E-state index contributed by atoms with van der Waals surface area (Å²) in [7, 11) is 5.54. The Bertz CT molecular complexity index is 3350. The smallest absolute Gasteiger partial charge is 0.483 e. The van der Waals surface area contributed by atoms with E-state index < -0.39 is 36.7 Å². The van der Waals surface area contributed by atoms with Crippen molar-refractivity contribution in [2.75, 3.05) is 11.1 Å². The number of carbonyl (C=O) groups excluding carboxylic acids is 1. The predicted molar refractivity (Wildman–Crippen MR) is 283 cm³/mol. The first-order chi connectivity index (χ1) is 36.2. The molecule has 0 atom stereocenters.